The summed E-state index contributed by atoms with van der Waals surface area (Å²) < 4.78 is 55.3. The molecule has 0 radical (unpaired) electrons. The molecule has 35 heavy (non-hydrogen) atoms. The van der Waals surface area contributed by atoms with Gasteiger partial charge in [-0.15, -0.1) is 0 Å². The molecule has 0 fully saturated rings. The number of hydrogen-bond acceptors (Lipinski definition) is 7. The monoisotopic (exact) mass is 517 g/mol. The lowest BCUT2D eigenvalue weighted by Crippen LogP contribution is -2.46. The van der Waals surface area contributed by atoms with E-state index in [9.17, 15) is 13.0 Å². The van der Waals surface area contributed by atoms with Crippen LogP contribution in [-0.2, 0) is 47.4 Å². The largest absolute Gasteiger partial charge is 0.349 e. The Kier molecular flexibility index (Phi) is 9.80. The zero-order valence-corrected chi connectivity index (χ0v) is 21.9. The van der Waals surface area contributed by atoms with Gasteiger partial charge in [0.15, 0.2) is 0 Å². The van der Waals surface area contributed by atoms with Crippen LogP contribution in [0.15, 0.2) is 91.0 Å². The molecule has 0 saturated carbocycles. The van der Waals surface area contributed by atoms with Gasteiger partial charge in [0.05, 0.1) is 6.26 Å². The van der Waals surface area contributed by atoms with E-state index in [-0.39, 0.29) is 6.42 Å². The van der Waals surface area contributed by atoms with Crippen LogP contribution >= 0.6 is 7.60 Å². The smallest absolute Gasteiger partial charge is 0.311 e. The first-order valence-electron chi connectivity index (χ1n) is 11.2. The van der Waals surface area contributed by atoms with Crippen molar-refractivity contribution in [1.29, 1.82) is 0 Å². The van der Waals surface area contributed by atoms with Crippen LogP contribution in [0.4, 0.5) is 0 Å². The molecule has 0 aliphatic carbocycles. The predicted molar refractivity (Wildman–Crippen MR) is 137 cm³/mol. The molecule has 0 aliphatic rings. The van der Waals surface area contributed by atoms with Crippen molar-refractivity contribution in [3.8, 4) is 0 Å². The van der Waals surface area contributed by atoms with Crippen LogP contribution in [0.25, 0.3) is 0 Å². The van der Waals surface area contributed by atoms with Crippen molar-refractivity contribution in [2.45, 2.75) is 31.4 Å². The van der Waals surface area contributed by atoms with E-state index in [1.54, 1.807) is 0 Å². The van der Waals surface area contributed by atoms with Gasteiger partial charge in [0, 0.05) is 33.7 Å². The standard InChI is InChI=1S/C26H32NO6PS/c1-31-34(28,32-2)26(25(33-35(3,29)30)19-22-13-7-4-8-14-22)27(20-23-15-9-5-10-16-23)21-24-17-11-6-12-18-24/h4-18,25-26H,19-21H2,1-3H3/t25-,26+/m1/s1. The Hall–Kier alpha value is -2.32. The van der Waals surface area contributed by atoms with E-state index in [0.29, 0.717) is 13.1 Å². The number of nitrogens with zero attached hydrogens (tertiary/aromatic N) is 1. The van der Waals surface area contributed by atoms with E-state index >= 15 is 0 Å². The minimum absolute atomic E-state index is 0.190. The van der Waals surface area contributed by atoms with E-state index < -0.39 is 29.6 Å². The van der Waals surface area contributed by atoms with Crippen molar-refractivity contribution in [2.24, 2.45) is 0 Å². The summed E-state index contributed by atoms with van der Waals surface area (Å²) in [7, 11) is -5.16. The maximum absolute atomic E-state index is 14.0. The Balaban J connectivity index is 2.13. The molecule has 0 N–H and O–H groups in total. The molecule has 9 heteroatoms. The van der Waals surface area contributed by atoms with Crippen LogP contribution in [0, 0.1) is 0 Å². The molecule has 0 aliphatic heterocycles. The molecular formula is C26H32NO6PS. The second-order valence-electron chi connectivity index (χ2n) is 8.22. The molecule has 2 atom stereocenters. The quantitative estimate of drug-likeness (QED) is 0.231. The highest BCUT2D eigenvalue weighted by Gasteiger charge is 2.46. The van der Waals surface area contributed by atoms with Crippen LogP contribution in [0.5, 0.6) is 0 Å². The molecule has 3 rings (SSSR count). The van der Waals surface area contributed by atoms with Gasteiger partial charge in [-0.25, -0.2) is 0 Å². The summed E-state index contributed by atoms with van der Waals surface area (Å²) in [5.41, 5.74) is 2.76. The topological polar surface area (TPSA) is 82.1 Å². The molecule has 7 nitrogen and oxygen atoms in total. The van der Waals surface area contributed by atoms with Crippen LogP contribution in [0.3, 0.4) is 0 Å². The third-order valence-electron chi connectivity index (χ3n) is 5.57. The van der Waals surface area contributed by atoms with Gasteiger partial charge in [-0.05, 0) is 16.7 Å². The highest BCUT2D eigenvalue weighted by atomic mass is 32.2. The van der Waals surface area contributed by atoms with Crippen LogP contribution in [0.2, 0.25) is 0 Å². The molecule has 3 aromatic carbocycles. The molecule has 0 heterocycles. The maximum atomic E-state index is 14.0. The first kappa shape index (κ1) is 27.3. The van der Waals surface area contributed by atoms with Gasteiger partial charge in [-0.1, -0.05) is 91.0 Å². The lowest BCUT2D eigenvalue weighted by Gasteiger charge is -2.39. The van der Waals surface area contributed by atoms with Gasteiger partial charge in [-0.2, -0.15) is 8.42 Å². The van der Waals surface area contributed by atoms with Crippen LogP contribution in [0.1, 0.15) is 16.7 Å². The van der Waals surface area contributed by atoms with Crippen LogP contribution < -0.4 is 0 Å². The average molecular weight is 518 g/mol. The number of benzene rings is 3. The Morgan fingerprint density at radius 2 is 1.14 bits per heavy atom. The summed E-state index contributed by atoms with van der Waals surface area (Å²) in [4.78, 5) is 1.91. The van der Waals surface area contributed by atoms with Gasteiger partial charge < -0.3 is 9.05 Å². The van der Waals surface area contributed by atoms with Crippen molar-refractivity contribution < 1.29 is 26.2 Å². The molecule has 0 unspecified atom stereocenters. The SMILES string of the molecule is COP(=O)(OC)[C@@H]([C@@H](Cc1ccccc1)OS(C)(=O)=O)N(Cc1ccccc1)Cc1ccccc1. The molecular weight excluding hydrogens is 485 g/mol. The fraction of sp³-hybridized carbons (Fsp3) is 0.308. The molecule has 3 aromatic rings. The molecule has 0 amide bonds. The van der Waals surface area contributed by atoms with Crippen molar-refractivity contribution >= 4 is 17.7 Å². The second-order valence-corrected chi connectivity index (χ2v) is 12.2. The van der Waals surface area contributed by atoms with Crippen molar-refractivity contribution in [2.75, 3.05) is 20.5 Å². The fourth-order valence-electron chi connectivity index (χ4n) is 4.07. The Morgan fingerprint density at radius 1 is 0.743 bits per heavy atom. The molecule has 0 bridgehead atoms. The Labute approximate surface area is 208 Å². The van der Waals surface area contributed by atoms with E-state index in [0.717, 1.165) is 22.9 Å². The van der Waals surface area contributed by atoms with Gasteiger partial charge >= 0.3 is 7.60 Å². The Bertz CT molecular complexity index is 1140. The first-order valence-corrected chi connectivity index (χ1v) is 14.6. The van der Waals surface area contributed by atoms with Crippen LogP contribution in [-0.4, -0.2) is 45.7 Å². The highest BCUT2D eigenvalue weighted by molar-refractivity contribution is 7.86. The van der Waals surface area contributed by atoms with Gasteiger partial charge in [0.25, 0.3) is 10.1 Å². The van der Waals surface area contributed by atoms with Crippen molar-refractivity contribution in [3.05, 3.63) is 108 Å². The molecule has 188 valence electrons. The predicted octanol–water partition coefficient (Wildman–Crippen LogP) is 5.09. The second kappa shape index (κ2) is 12.6. The summed E-state index contributed by atoms with van der Waals surface area (Å²) in [5, 5.41) is 0. The zero-order valence-electron chi connectivity index (χ0n) is 20.2. The summed E-state index contributed by atoms with van der Waals surface area (Å²) in [6.07, 6.45) is 0.145. The minimum Gasteiger partial charge on any atom is -0.311 e. The van der Waals surface area contributed by atoms with Crippen molar-refractivity contribution in [3.63, 3.8) is 0 Å². The summed E-state index contributed by atoms with van der Waals surface area (Å²) in [5.74, 6) is -1.02. The zero-order chi connectivity index (χ0) is 25.3. The molecule has 0 saturated heterocycles. The maximum Gasteiger partial charge on any atom is 0.349 e. The van der Waals surface area contributed by atoms with E-state index in [1.165, 1.54) is 14.2 Å². The Morgan fingerprint density at radius 3 is 1.51 bits per heavy atom. The van der Waals surface area contributed by atoms with Crippen molar-refractivity contribution in [1.82, 2.24) is 4.90 Å². The lowest BCUT2D eigenvalue weighted by molar-refractivity contribution is 0.0806. The summed E-state index contributed by atoms with van der Waals surface area (Å²) in [6, 6.07) is 28.7. The summed E-state index contributed by atoms with van der Waals surface area (Å²) in [6.45, 7) is 0.741. The third-order valence-corrected chi connectivity index (χ3v) is 8.50. The van der Waals surface area contributed by atoms with Gasteiger partial charge in [-0.3, -0.25) is 13.6 Å². The normalized spacial score (nSPS) is 14.1. The van der Waals surface area contributed by atoms with Gasteiger partial charge in [0.2, 0.25) is 0 Å². The molecule has 0 spiro atoms. The van der Waals surface area contributed by atoms with E-state index in [1.807, 2.05) is 95.9 Å². The highest BCUT2D eigenvalue weighted by Crippen LogP contribution is 2.55. The first-order chi connectivity index (χ1) is 16.7. The van der Waals surface area contributed by atoms with Gasteiger partial charge in [0.1, 0.15) is 11.9 Å². The summed E-state index contributed by atoms with van der Waals surface area (Å²) >= 11 is 0. The lowest BCUT2D eigenvalue weighted by atomic mass is 10.1. The molecule has 0 aromatic heterocycles. The van der Waals surface area contributed by atoms with E-state index in [2.05, 4.69) is 0 Å². The third kappa shape index (κ3) is 8.10. The average Bonchev–Trinajstić information content (AvgIpc) is 2.85. The number of rotatable bonds is 13. The van der Waals surface area contributed by atoms with E-state index in [4.69, 9.17) is 13.2 Å². The number of hydrogen-bond donors (Lipinski definition) is 0. The minimum atomic E-state index is -3.90. The fourth-order valence-corrected chi connectivity index (χ4v) is 6.49.